The molecule has 0 aliphatic heterocycles. The maximum absolute atomic E-state index is 9.48. The largest absolute Gasteiger partial charge is 0.395 e. The van der Waals surface area contributed by atoms with E-state index in [1.54, 1.807) is 4.90 Å². The molecule has 158 valence electrons. The van der Waals surface area contributed by atoms with Crippen LogP contribution in [0.3, 0.4) is 0 Å². The molecule has 0 aromatic carbocycles. The Morgan fingerprint density at radius 1 is 0.538 bits per heavy atom. The number of aliphatic hydroxyl groups is 6. The first-order valence-electron chi connectivity index (χ1n) is 9.12. The third kappa shape index (κ3) is 12.1. The summed E-state index contributed by atoms with van der Waals surface area (Å²) in [6, 6.07) is 0. The third-order valence-electron chi connectivity index (χ3n) is 4.04. The highest BCUT2D eigenvalue weighted by Crippen LogP contribution is 2.02. The second kappa shape index (κ2) is 18.0. The molecule has 0 amide bonds. The summed E-state index contributed by atoms with van der Waals surface area (Å²) in [5.41, 5.74) is 0. The monoisotopic (exact) mass is 383 g/mol. The fraction of sp³-hybridized carbons (Fsp3) is 1.00. The predicted octanol–water partition coefficient (Wildman–Crippen LogP) is -3.81. The lowest BCUT2D eigenvalue weighted by molar-refractivity contribution is -0.0981. The fourth-order valence-electron chi connectivity index (χ4n) is 2.63. The van der Waals surface area contributed by atoms with Crippen molar-refractivity contribution >= 4 is 0 Å². The second-order valence-electron chi connectivity index (χ2n) is 5.85. The number of hydrogen-bond donors (Lipinski definition) is 6. The molecule has 0 fully saturated rings. The molecule has 0 aliphatic rings. The molecule has 0 saturated heterocycles. The molecule has 10 nitrogen and oxygen atoms in total. The zero-order valence-electron chi connectivity index (χ0n) is 15.6. The molecule has 0 rings (SSSR count). The summed E-state index contributed by atoms with van der Waals surface area (Å²) < 4.78 is 5.67. The first-order chi connectivity index (χ1) is 12.7. The number of rotatable bonds is 19. The van der Waals surface area contributed by atoms with Gasteiger partial charge >= 0.3 is 0 Å². The minimum Gasteiger partial charge on any atom is -0.395 e. The van der Waals surface area contributed by atoms with Crippen molar-refractivity contribution in [3.8, 4) is 0 Å². The Hall–Kier alpha value is -0.400. The van der Waals surface area contributed by atoms with E-state index in [9.17, 15) is 10.2 Å². The SMILES string of the molecule is OCCN(CCO)CCN(CCO)CCOC(CO)N(CCO)CCO. The third-order valence-corrected chi connectivity index (χ3v) is 4.04. The van der Waals surface area contributed by atoms with E-state index in [0.717, 1.165) is 0 Å². The standard InChI is InChI=1S/C16H37N3O7/c20-9-3-17(4-10-21)1-2-18(5-11-22)8-14-26-16(15-25)19(6-12-23)7-13-24/h16,20-25H,1-15H2. The topological polar surface area (TPSA) is 140 Å². The average molecular weight is 383 g/mol. The van der Waals surface area contributed by atoms with E-state index < -0.39 is 6.23 Å². The van der Waals surface area contributed by atoms with Gasteiger partial charge in [-0.15, -0.1) is 0 Å². The highest BCUT2D eigenvalue weighted by atomic mass is 16.5. The number of hydrogen-bond acceptors (Lipinski definition) is 10. The number of aliphatic hydroxyl groups excluding tert-OH is 6. The first kappa shape index (κ1) is 25.6. The molecule has 0 heterocycles. The van der Waals surface area contributed by atoms with Gasteiger partial charge in [-0.25, -0.2) is 0 Å². The zero-order chi connectivity index (χ0) is 19.6. The average Bonchev–Trinajstić information content (AvgIpc) is 2.63. The summed E-state index contributed by atoms with van der Waals surface area (Å²) in [7, 11) is 0. The van der Waals surface area contributed by atoms with Crippen LogP contribution in [-0.4, -0.2) is 150 Å². The Labute approximate surface area is 155 Å². The van der Waals surface area contributed by atoms with Crippen LogP contribution >= 0.6 is 0 Å². The highest BCUT2D eigenvalue weighted by molar-refractivity contribution is 4.66. The van der Waals surface area contributed by atoms with E-state index in [4.69, 9.17) is 25.2 Å². The molecule has 0 spiro atoms. The van der Waals surface area contributed by atoms with Crippen molar-refractivity contribution in [2.24, 2.45) is 0 Å². The van der Waals surface area contributed by atoms with E-state index in [1.807, 2.05) is 9.80 Å². The van der Waals surface area contributed by atoms with Crippen molar-refractivity contribution in [3.63, 3.8) is 0 Å². The molecule has 0 radical (unpaired) electrons. The number of ether oxygens (including phenoxy) is 1. The van der Waals surface area contributed by atoms with Gasteiger partial charge in [0.05, 0.1) is 46.2 Å². The molecule has 0 bridgehead atoms. The molecule has 0 aromatic rings. The first-order valence-corrected chi connectivity index (χ1v) is 9.12. The maximum atomic E-state index is 9.48. The van der Waals surface area contributed by atoms with E-state index in [0.29, 0.717) is 59.0 Å². The van der Waals surface area contributed by atoms with Crippen LogP contribution in [0, 0.1) is 0 Å². The van der Waals surface area contributed by atoms with Crippen molar-refractivity contribution in [1.82, 2.24) is 14.7 Å². The Morgan fingerprint density at radius 3 is 1.35 bits per heavy atom. The van der Waals surface area contributed by atoms with Gasteiger partial charge in [0.15, 0.2) is 0 Å². The van der Waals surface area contributed by atoms with Crippen LogP contribution in [0.5, 0.6) is 0 Å². The maximum Gasteiger partial charge on any atom is 0.134 e. The van der Waals surface area contributed by atoms with Crippen LogP contribution in [0.15, 0.2) is 0 Å². The molecular weight excluding hydrogens is 346 g/mol. The lowest BCUT2D eigenvalue weighted by Gasteiger charge is -2.31. The lowest BCUT2D eigenvalue weighted by Crippen LogP contribution is -2.45. The Balaban J connectivity index is 4.38. The van der Waals surface area contributed by atoms with Crippen LogP contribution in [-0.2, 0) is 4.74 Å². The van der Waals surface area contributed by atoms with Gasteiger partial charge in [0, 0.05) is 52.4 Å². The van der Waals surface area contributed by atoms with Crippen molar-refractivity contribution in [2.75, 3.05) is 98.6 Å². The Bertz CT molecular complexity index is 291. The summed E-state index contributed by atoms with van der Waals surface area (Å²) in [6.07, 6.45) is -0.606. The second-order valence-corrected chi connectivity index (χ2v) is 5.85. The summed E-state index contributed by atoms with van der Waals surface area (Å²) in [4.78, 5) is 5.60. The summed E-state index contributed by atoms with van der Waals surface area (Å²) >= 11 is 0. The van der Waals surface area contributed by atoms with Gasteiger partial charge in [0.1, 0.15) is 6.23 Å². The van der Waals surface area contributed by atoms with Crippen molar-refractivity contribution in [1.29, 1.82) is 0 Å². The summed E-state index contributed by atoms with van der Waals surface area (Å²) in [5.74, 6) is 0. The van der Waals surface area contributed by atoms with Gasteiger partial charge in [0.25, 0.3) is 0 Å². The normalized spacial score (nSPS) is 13.3. The molecule has 1 atom stereocenters. The quantitative estimate of drug-likeness (QED) is 0.123. The lowest BCUT2D eigenvalue weighted by atomic mass is 10.4. The van der Waals surface area contributed by atoms with Crippen LogP contribution in [0.2, 0.25) is 0 Å². The highest BCUT2D eigenvalue weighted by Gasteiger charge is 2.18. The van der Waals surface area contributed by atoms with Gasteiger partial charge < -0.3 is 35.4 Å². The van der Waals surface area contributed by atoms with Crippen LogP contribution in [0.1, 0.15) is 0 Å². The van der Waals surface area contributed by atoms with Gasteiger partial charge in [-0.2, -0.15) is 0 Å². The van der Waals surface area contributed by atoms with E-state index >= 15 is 0 Å². The molecule has 1 unspecified atom stereocenters. The summed E-state index contributed by atoms with van der Waals surface area (Å²) in [5, 5.41) is 54.9. The predicted molar refractivity (Wildman–Crippen MR) is 96.7 cm³/mol. The molecule has 10 heteroatoms. The number of nitrogens with zero attached hydrogens (tertiary/aromatic N) is 3. The van der Waals surface area contributed by atoms with E-state index in [2.05, 4.69) is 0 Å². The smallest absolute Gasteiger partial charge is 0.134 e. The van der Waals surface area contributed by atoms with Crippen LogP contribution in [0.4, 0.5) is 0 Å². The molecule has 26 heavy (non-hydrogen) atoms. The van der Waals surface area contributed by atoms with Crippen LogP contribution in [0.25, 0.3) is 0 Å². The van der Waals surface area contributed by atoms with E-state index in [-0.39, 0.29) is 39.6 Å². The minimum atomic E-state index is -0.606. The zero-order valence-corrected chi connectivity index (χ0v) is 15.6. The van der Waals surface area contributed by atoms with Gasteiger partial charge in [-0.05, 0) is 0 Å². The van der Waals surface area contributed by atoms with Crippen molar-refractivity contribution in [2.45, 2.75) is 6.23 Å². The minimum absolute atomic E-state index is 0.00454. The molecule has 0 aromatic heterocycles. The molecule has 6 N–H and O–H groups in total. The van der Waals surface area contributed by atoms with Gasteiger partial charge in [-0.1, -0.05) is 0 Å². The molecule has 0 saturated carbocycles. The van der Waals surface area contributed by atoms with Crippen molar-refractivity contribution < 1.29 is 35.4 Å². The van der Waals surface area contributed by atoms with Gasteiger partial charge in [0.2, 0.25) is 0 Å². The van der Waals surface area contributed by atoms with Gasteiger partial charge in [-0.3, -0.25) is 14.7 Å². The van der Waals surface area contributed by atoms with Crippen molar-refractivity contribution in [3.05, 3.63) is 0 Å². The summed E-state index contributed by atoms with van der Waals surface area (Å²) in [6.45, 7) is 3.77. The van der Waals surface area contributed by atoms with E-state index in [1.165, 1.54) is 0 Å². The Kier molecular flexibility index (Phi) is 17.7. The fourth-order valence-corrected chi connectivity index (χ4v) is 2.63. The van der Waals surface area contributed by atoms with Crippen LogP contribution < -0.4 is 0 Å². The molecule has 0 aliphatic carbocycles. The Morgan fingerprint density at radius 2 is 0.962 bits per heavy atom. The molecular formula is C16H37N3O7.